The van der Waals surface area contributed by atoms with Crippen molar-refractivity contribution in [3.05, 3.63) is 28.8 Å². The second-order valence-corrected chi connectivity index (χ2v) is 5.76. The van der Waals surface area contributed by atoms with Crippen LogP contribution < -0.4 is 11.5 Å². The molecule has 0 aliphatic carbocycles. The summed E-state index contributed by atoms with van der Waals surface area (Å²) < 4.78 is 23.1. The van der Waals surface area contributed by atoms with Gasteiger partial charge in [-0.1, -0.05) is 0 Å². The molecule has 0 fully saturated rings. The van der Waals surface area contributed by atoms with Crippen LogP contribution in [-0.4, -0.2) is 32.8 Å². The Morgan fingerprint density at radius 2 is 2.00 bits per heavy atom. The van der Waals surface area contributed by atoms with Crippen LogP contribution in [0.1, 0.15) is 26.3 Å². The molecule has 0 saturated heterocycles. The van der Waals surface area contributed by atoms with Crippen molar-refractivity contribution >= 4 is 28.0 Å². The van der Waals surface area contributed by atoms with E-state index in [1.165, 1.54) is 0 Å². The fourth-order valence-corrected chi connectivity index (χ4v) is 2.32. The minimum atomic E-state index is -3.76. The molecule has 0 unspecified atom stereocenters. The maximum absolute atomic E-state index is 11.7. The summed E-state index contributed by atoms with van der Waals surface area (Å²) in [6, 6.07) is 3.59. The second kappa shape index (κ2) is 5.50. The van der Waals surface area contributed by atoms with E-state index in [-0.39, 0.29) is 27.9 Å². The van der Waals surface area contributed by atoms with Gasteiger partial charge in [0.1, 0.15) is 0 Å². The molecule has 104 valence electrons. The lowest BCUT2D eigenvalue weighted by Crippen LogP contribution is -2.24. The number of aliphatic imine (C=N–C) groups is 1. The van der Waals surface area contributed by atoms with Gasteiger partial charge in [-0.2, -0.15) is 10.3 Å². The summed E-state index contributed by atoms with van der Waals surface area (Å²) in [6.45, 7) is 0. The van der Waals surface area contributed by atoms with E-state index in [1.54, 1.807) is 6.07 Å². The lowest BCUT2D eigenvalue weighted by molar-refractivity contribution is 0.100. The molecule has 1 aromatic carbocycles. The summed E-state index contributed by atoms with van der Waals surface area (Å²) >= 11 is 0. The first-order valence-electron chi connectivity index (χ1n) is 5.08. The van der Waals surface area contributed by atoms with Crippen molar-refractivity contribution < 1.29 is 18.0 Å². The number of sulfone groups is 1. The highest BCUT2D eigenvalue weighted by molar-refractivity contribution is 7.90. The van der Waals surface area contributed by atoms with Crippen molar-refractivity contribution in [2.75, 3.05) is 6.26 Å². The van der Waals surface area contributed by atoms with Gasteiger partial charge < -0.3 is 11.5 Å². The smallest absolute Gasteiger partial charge is 0.281 e. The van der Waals surface area contributed by atoms with Crippen LogP contribution in [0.2, 0.25) is 0 Å². The summed E-state index contributed by atoms with van der Waals surface area (Å²) in [6.07, 6.45) is 1.15. The molecule has 20 heavy (non-hydrogen) atoms. The highest BCUT2D eigenvalue weighted by atomic mass is 32.2. The van der Waals surface area contributed by atoms with Gasteiger partial charge in [-0.15, -0.1) is 0 Å². The minimum Gasteiger partial charge on any atom is -0.370 e. The molecular formula is C11H10N4O4S. The van der Waals surface area contributed by atoms with Crippen molar-refractivity contribution in [1.29, 1.82) is 5.26 Å². The van der Waals surface area contributed by atoms with Crippen LogP contribution >= 0.6 is 0 Å². The predicted octanol–water partition coefficient (Wildman–Crippen LogP) is -0.812. The zero-order valence-corrected chi connectivity index (χ0v) is 11.1. The molecule has 0 aliphatic heterocycles. The Kier molecular flexibility index (Phi) is 4.21. The minimum absolute atomic E-state index is 0.200. The van der Waals surface area contributed by atoms with E-state index in [4.69, 9.17) is 16.7 Å². The van der Waals surface area contributed by atoms with Crippen LogP contribution in [0.25, 0.3) is 0 Å². The number of nitriles is 1. The molecular weight excluding hydrogens is 284 g/mol. The topological polar surface area (TPSA) is 156 Å². The lowest BCUT2D eigenvalue weighted by atomic mass is 10.0. The first-order chi connectivity index (χ1) is 9.20. The summed E-state index contributed by atoms with van der Waals surface area (Å²) in [5.41, 5.74) is 9.39. The number of carbonyl (C=O) groups is 2. The number of carbonyl (C=O) groups excluding carboxylic acids is 2. The van der Waals surface area contributed by atoms with E-state index in [9.17, 15) is 18.0 Å². The van der Waals surface area contributed by atoms with Gasteiger partial charge >= 0.3 is 0 Å². The summed E-state index contributed by atoms with van der Waals surface area (Å²) in [5, 5.41) is 8.94. The van der Waals surface area contributed by atoms with Gasteiger partial charge in [0.25, 0.3) is 5.91 Å². The Hall–Kier alpha value is -2.73. The zero-order chi connectivity index (χ0) is 15.5. The molecule has 0 spiro atoms. The fourth-order valence-electron chi connectivity index (χ4n) is 1.46. The van der Waals surface area contributed by atoms with Gasteiger partial charge in [-0.25, -0.2) is 8.42 Å². The molecule has 0 bridgehead atoms. The number of hydrogen-bond acceptors (Lipinski definition) is 5. The average molecular weight is 294 g/mol. The number of benzene rings is 1. The van der Waals surface area contributed by atoms with Crippen molar-refractivity contribution in [3.8, 4) is 6.07 Å². The Bertz CT molecular complexity index is 755. The number of rotatable bonds is 3. The number of amides is 1. The van der Waals surface area contributed by atoms with Gasteiger partial charge in [0, 0.05) is 11.8 Å². The van der Waals surface area contributed by atoms with E-state index in [0.29, 0.717) is 0 Å². The first kappa shape index (κ1) is 15.3. The molecule has 1 aromatic rings. The predicted molar refractivity (Wildman–Crippen MR) is 69.8 cm³/mol. The van der Waals surface area contributed by atoms with Crippen LogP contribution in [0, 0.1) is 11.3 Å². The molecule has 0 radical (unpaired) electrons. The highest BCUT2D eigenvalue weighted by Crippen LogP contribution is 2.21. The van der Waals surface area contributed by atoms with Crippen LogP contribution in [0.15, 0.2) is 22.0 Å². The van der Waals surface area contributed by atoms with E-state index in [0.717, 1.165) is 18.4 Å². The fraction of sp³-hybridized carbons (Fsp3) is 0.0909. The van der Waals surface area contributed by atoms with Gasteiger partial charge in [-0.3, -0.25) is 9.59 Å². The van der Waals surface area contributed by atoms with Crippen molar-refractivity contribution in [3.63, 3.8) is 0 Å². The van der Waals surface area contributed by atoms with Gasteiger partial charge in [0.2, 0.25) is 0 Å². The van der Waals surface area contributed by atoms with Crippen LogP contribution in [0.5, 0.6) is 0 Å². The molecule has 0 aliphatic rings. The molecule has 8 nitrogen and oxygen atoms in total. The summed E-state index contributed by atoms with van der Waals surface area (Å²) in [7, 11) is -3.76. The van der Waals surface area contributed by atoms with E-state index < -0.39 is 21.7 Å². The third kappa shape index (κ3) is 3.18. The zero-order valence-electron chi connectivity index (χ0n) is 10.3. The molecule has 1 amide bonds. The average Bonchev–Trinajstić information content (AvgIpc) is 2.34. The maximum Gasteiger partial charge on any atom is 0.281 e. The molecule has 0 heterocycles. The normalized spacial score (nSPS) is 10.4. The molecule has 1 rings (SSSR count). The quantitative estimate of drug-likeness (QED) is 0.419. The largest absolute Gasteiger partial charge is 0.370 e. The van der Waals surface area contributed by atoms with Crippen LogP contribution in [0.3, 0.4) is 0 Å². The monoisotopic (exact) mass is 294 g/mol. The number of hydrogen-bond donors (Lipinski definition) is 2. The third-order valence-electron chi connectivity index (χ3n) is 2.26. The molecule has 0 aromatic heterocycles. The second-order valence-electron chi connectivity index (χ2n) is 3.78. The lowest BCUT2D eigenvalue weighted by Gasteiger charge is -2.06. The van der Waals surface area contributed by atoms with Crippen LogP contribution in [0.4, 0.5) is 0 Å². The Labute approximate surface area is 114 Å². The maximum atomic E-state index is 11.7. The van der Waals surface area contributed by atoms with Crippen molar-refractivity contribution in [2.45, 2.75) is 4.90 Å². The van der Waals surface area contributed by atoms with Crippen molar-refractivity contribution in [1.82, 2.24) is 0 Å². The van der Waals surface area contributed by atoms with Gasteiger partial charge in [-0.05, 0) is 12.1 Å². The standard InChI is InChI=1S/C11H10N4O4S/c1-20(18,19)9-3-8(10(17)15-11(13)14)6(4-12)2-7(9)5-16/h2-3,5H,1H3,(H4,13,14,15,17). The van der Waals surface area contributed by atoms with Crippen LogP contribution in [-0.2, 0) is 9.84 Å². The summed E-state index contributed by atoms with van der Waals surface area (Å²) in [4.78, 5) is 25.5. The third-order valence-corrected chi connectivity index (χ3v) is 3.41. The van der Waals surface area contributed by atoms with E-state index in [2.05, 4.69) is 4.99 Å². The highest BCUT2D eigenvalue weighted by Gasteiger charge is 2.20. The van der Waals surface area contributed by atoms with E-state index in [1.807, 2.05) is 0 Å². The molecule has 9 heteroatoms. The first-order valence-corrected chi connectivity index (χ1v) is 6.97. The van der Waals surface area contributed by atoms with E-state index >= 15 is 0 Å². The molecule has 4 N–H and O–H groups in total. The summed E-state index contributed by atoms with van der Waals surface area (Å²) in [5.74, 6) is -1.50. The van der Waals surface area contributed by atoms with Crippen molar-refractivity contribution in [2.24, 2.45) is 16.5 Å². The number of nitrogens with zero attached hydrogens (tertiary/aromatic N) is 2. The number of aldehydes is 1. The Morgan fingerprint density at radius 1 is 1.40 bits per heavy atom. The molecule has 0 saturated carbocycles. The van der Waals surface area contributed by atoms with Gasteiger partial charge in [0.15, 0.2) is 22.1 Å². The van der Waals surface area contributed by atoms with Gasteiger partial charge in [0.05, 0.1) is 22.1 Å². The Morgan fingerprint density at radius 3 is 2.40 bits per heavy atom. The number of nitrogens with two attached hydrogens (primary N) is 2. The molecule has 0 atom stereocenters. The Balaban J connectivity index is 3.70. The SMILES string of the molecule is CS(=O)(=O)c1cc(C(=O)N=C(N)N)c(C#N)cc1C=O. The number of guanidine groups is 1.